The fraction of sp³-hybridized carbons (Fsp3) is 0.733. The van der Waals surface area contributed by atoms with Gasteiger partial charge in [-0.25, -0.2) is 4.98 Å². The van der Waals surface area contributed by atoms with Crippen LogP contribution in [0.1, 0.15) is 53.6 Å². The highest BCUT2D eigenvalue weighted by molar-refractivity contribution is 7.11. The van der Waals surface area contributed by atoms with E-state index in [1.807, 2.05) is 11.3 Å². The van der Waals surface area contributed by atoms with Crippen LogP contribution in [0.15, 0.2) is 0 Å². The summed E-state index contributed by atoms with van der Waals surface area (Å²) in [6.07, 6.45) is 7.54. The van der Waals surface area contributed by atoms with Crippen molar-refractivity contribution in [3.63, 3.8) is 0 Å². The summed E-state index contributed by atoms with van der Waals surface area (Å²) in [5, 5.41) is 10.1. The molecule has 1 aliphatic heterocycles. The predicted molar refractivity (Wildman–Crippen MR) is 79.4 cm³/mol. The second-order valence-corrected chi connectivity index (χ2v) is 7.00. The monoisotopic (exact) mass is 294 g/mol. The van der Waals surface area contributed by atoms with Crippen molar-refractivity contribution in [3.05, 3.63) is 15.6 Å². The number of likely N-dealkylation sites (tertiary alicyclic amines) is 1. The van der Waals surface area contributed by atoms with Gasteiger partial charge in [-0.05, 0) is 51.6 Å². The summed E-state index contributed by atoms with van der Waals surface area (Å²) >= 11 is 1.94. The van der Waals surface area contributed by atoms with Crippen molar-refractivity contribution in [1.29, 1.82) is 0 Å². The number of carbonyl (C=O) groups is 1. The van der Waals surface area contributed by atoms with Crippen molar-refractivity contribution in [1.82, 2.24) is 9.88 Å². The third-order valence-electron chi connectivity index (χ3n) is 4.44. The number of aliphatic carboxylic acids is 1. The number of thiazole rings is 1. The Bertz CT molecular complexity index is 455. The summed E-state index contributed by atoms with van der Waals surface area (Å²) in [6.45, 7) is 2.72. The number of hydrogen-bond donors (Lipinski definition) is 1. The SMILES string of the molecule is O=C(O)CCN1CCC(c2nc3c(s2)CCCC3)CC1. The van der Waals surface area contributed by atoms with E-state index in [1.165, 1.54) is 41.3 Å². The van der Waals surface area contributed by atoms with Crippen molar-refractivity contribution < 1.29 is 9.90 Å². The van der Waals surface area contributed by atoms with Gasteiger partial charge >= 0.3 is 5.97 Å². The van der Waals surface area contributed by atoms with E-state index in [9.17, 15) is 4.79 Å². The highest BCUT2D eigenvalue weighted by Gasteiger charge is 2.25. The molecule has 1 aromatic rings. The van der Waals surface area contributed by atoms with Gasteiger partial charge in [0.15, 0.2) is 0 Å². The fourth-order valence-corrected chi connectivity index (χ4v) is 4.53. The van der Waals surface area contributed by atoms with Gasteiger partial charge in [0, 0.05) is 17.3 Å². The summed E-state index contributed by atoms with van der Waals surface area (Å²) in [4.78, 5) is 19.3. The number of carboxylic acid groups (broad SMARTS) is 1. The normalized spacial score (nSPS) is 20.8. The number of piperidine rings is 1. The molecule has 5 heteroatoms. The predicted octanol–water partition coefficient (Wildman–Crippen LogP) is 2.68. The molecule has 4 nitrogen and oxygen atoms in total. The average molecular weight is 294 g/mol. The standard InChI is InChI=1S/C15H22N2O2S/c18-14(19)7-10-17-8-5-11(6-9-17)15-16-12-3-1-2-4-13(12)20-15/h11H,1-10H2,(H,18,19). The maximum Gasteiger partial charge on any atom is 0.304 e. The third kappa shape index (κ3) is 3.20. The van der Waals surface area contributed by atoms with Crippen LogP contribution in [-0.2, 0) is 17.6 Å². The summed E-state index contributed by atoms with van der Waals surface area (Å²) in [5.74, 6) is -0.0913. The van der Waals surface area contributed by atoms with Crippen LogP contribution in [-0.4, -0.2) is 40.6 Å². The number of fused-ring (bicyclic) bond motifs is 1. The van der Waals surface area contributed by atoms with E-state index in [4.69, 9.17) is 10.1 Å². The lowest BCUT2D eigenvalue weighted by Gasteiger charge is -2.30. The maximum absolute atomic E-state index is 10.6. The lowest BCUT2D eigenvalue weighted by molar-refractivity contribution is -0.137. The molecule has 0 unspecified atom stereocenters. The smallest absolute Gasteiger partial charge is 0.304 e. The molecule has 0 aromatic carbocycles. The maximum atomic E-state index is 10.6. The second-order valence-electron chi connectivity index (χ2n) is 5.89. The first-order valence-corrected chi connectivity index (χ1v) is 8.46. The third-order valence-corrected chi connectivity index (χ3v) is 5.76. The van der Waals surface area contributed by atoms with Crippen molar-refractivity contribution >= 4 is 17.3 Å². The number of carboxylic acids is 1. The van der Waals surface area contributed by atoms with E-state index in [0.717, 1.165) is 25.9 Å². The molecule has 2 heterocycles. The minimum atomic E-state index is -0.695. The Morgan fingerprint density at radius 3 is 2.75 bits per heavy atom. The van der Waals surface area contributed by atoms with Crippen LogP contribution in [0.25, 0.3) is 0 Å². The van der Waals surface area contributed by atoms with Crippen LogP contribution < -0.4 is 0 Å². The van der Waals surface area contributed by atoms with E-state index in [1.54, 1.807) is 0 Å². The number of rotatable bonds is 4. The van der Waals surface area contributed by atoms with Gasteiger partial charge < -0.3 is 10.0 Å². The number of aromatic nitrogens is 1. The molecule has 0 spiro atoms. The molecule has 0 atom stereocenters. The second kappa shape index (κ2) is 6.22. The van der Waals surface area contributed by atoms with Crippen molar-refractivity contribution in [2.24, 2.45) is 0 Å². The van der Waals surface area contributed by atoms with Crippen LogP contribution in [0.3, 0.4) is 0 Å². The zero-order valence-corrected chi connectivity index (χ0v) is 12.6. The van der Waals surface area contributed by atoms with E-state index in [0.29, 0.717) is 12.5 Å². The van der Waals surface area contributed by atoms with Gasteiger partial charge in [-0.1, -0.05) is 0 Å². The Labute approximate surface area is 123 Å². The largest absolute Gasteiger partial charge is 0.481 e. The summed E-state index contributed by atoms with van der Waals surface area (Å²) in [5.41, 5.74) is 1.37. The molecule has 1 aromatic heterocycles. The molecule has 2 aliphatic rings. The average Bonchev–Trinajstić information content (AvgIpc) is 2.89. The van der Waals surface area contributed by atoms with Crippen LogP contribution in [0, 0.1) is 0 Å². The molecular weight excluding hydrogens is 272 g/mol. The van der Waals surface area contributed by atoms with Gasteiger partial charge in [-0.2, -0.15) is 0 Å². The van der Waals surface area contributed by atoms with Crippen molar-refractivity contribution in [3.8, 4) is 0 Å². The first-order valence-electron chi connectivity index (χ1n) is 7.65. The number of aryl methyl sites for hydroxylation is 2. The van der Waals surface area contributed by atoms with Crippen molar-refractivity contribution in [2.45, 2.75) is 50.9 Å². The van der Waals surface area contributed by atoms with E-state index < -0.39 is 5.97 Å². The molecule has 1 N–H and O–H groups in total. The molecule has 0 radical (unpaired) electrons. The minimum absolute atomic E-state index is 0.260. The highest BCUT2D eigenvalue weighted by Crippen LogP contribution is 2.35. The minimum Gasteiger partial charge on any atom is -0.481 e. The topological polar surface area (TPSA) is 53.4 Å². The molecule has 1 saturated heterocycles. The first-order chi connectivity index (χ1) is 9.72. The van der Waals surface area contributed by atoms with Gasteiger partial charge in [-0.15, -0.1) is 11.3 Å². The molecule has 1 aliphatic carbocycles. The molecule has 20 heavy (non-hydrogen) atoms. The highest BCUT2D eigenvalue weighted by atomic mass is 32.1. The molecule has 0 bridgehead atoms. The lowest BCUT2D eigenvalue weighted by Crippen LogP contribution is -2.34. The Balaban J connectivity index is 1.55. The van der Waals surface area contributed by atoms with Crippen LogP contribution in [0.2, 0.25) is 0 Å². The first kappa shape index (κ1) is 14.0. The van der Waals surface area contributed by atoms with Gasteiger partial charge in [0.2, 0.25) is 0 Å². The van der Waals surface area contributed by atoms with Crippen molar-refractivity contribution in [2.75, 3.05) is 19.6 Å². The zero-order valence-electron chi connectivity index (χ0n) is 11.8. The Kier molecular flexibility index (Phi) is 4.36. The van der Waals surface area contributed by atoms with E-state index >= 15 is 0 Å². The number of nitrogens with zero attached hydrogens (tertiary/aromatic N) is 2. The van der Waals surface area contributed by atoms with E-state index in [-0.39, 0.29) is 6.42 Å². The summed E-state index contributed by atoms with van der Waals surface area (Å²) in [7, 11) is 0. The quantitative estimate of drug-likeness (QED) is 0.927. The van der Waals surface area contributed by atoms with Gasteiger partial charge in [0.1, 0.15) is 0 Å². The van der Waals surface area contributed by atoms with Gasteiger partial charge in [0.05, 0.1) is 17.1 Å². The van der Waals surface area contributed by atoms with E-state index in [2.05, 4.69) is 4.90 Å². The summed E-state index contributed by atoms with van der Waals surface area (Å²) in [6, 6.07) is 0. The van der Waals surface area contributed by atoms with Gasteiger partial charge in [-0.3, -0.25) is 4.79 Å². The molecule has 0 saturated carbocycles. The zero-order chi connectivity index (χ0) is 13.9. The Hall–Kier alpha value is -0.940. The lowest BCUT2D eigenvalue weighted by atomic mass is 9.97. The Morgan fingerprint density at radius 1 is 1.30 bits per heavy atom. The molecule has 0 amide bonds. The molecule has 1 fully saturated rings. The molecule has 110 valence electrons. The molecular formula is C15H22N2O2S. The van der Waals surface area contributed by atoms with Gasteiger partial charge in [0.25, 0.3) is 0 Å². The molecule has 3 rings (SSSR count). The van der Waals surface area contributed by atoms with Crippen LogP contribution in [0.5, 0.6) is 0 Å². The number of hydrogen-bond acceptors (Lipinski definition) is 4. The fourth-order valence-electron chi connectivity index (χ4n) is 3.20. The summed E-state index contributed by atoms with van der Waals surface area (Å²) < 4.78 is 0. The van der Waals surface area contributed by atoms with Crippen LogP contribution in [0.4, 0.5) is 0 Å². The van der Waals surface area contributed by atoms with Crippen LogP contribution >= 0.6 is 11.3 Å². The Morgan fingerprint density at radius 2 is 2.05 bits per heavy atom.